The Morgan fingerprint density at radius 3 is 2.48 bits per heavy atom. The van der Waals surface area contributed by atoms with Crippen LogP contribution in [0.4, 0.5) is 11.8 Å². The molecule has 8 nitrogen and oxygen atoms in total. The molecular formula is C13H13N5O3. The van der Waals surface area contributed by atoms with Crippen LogP contribution in [-0.2, 0) is 0 Å². The second-order valence-corrected chi connectivity index (χ2v) is 4.03. The van der Waals surface area contributed by atoms with Gasteiger partial charge in [-0.2, -0.15) is 10.2 Å². The zero-order valence-electron chi connectivity index (χ0n) is 11.4. The van der Waals surface area contributed by atoms with Gasteiger partial charge in [-0.15, -0.1) is 0 Å². The van der Waals surface area contributed by atoms with Crippen LogP contribution in [0.25, 0.3) is 11.3 Å². The molecule has 1 aromatic heterocycles. The topological polar surface area (TPSA) is 140 Å². The zero-order valence-corrected chi connectivity index (χ0v) is 11.4. The molecule has 2 rings (SSSR count). The van der Waals surface area contributed by atoms with Crippen LogP contribution in [0.2, 0.25) is 0 Å². The van der Waals surface area contributed by atoms with Crippen molar-refractivity contribution in [2.24, 2.45) is 0 Å². The van der Waals surface area contributed by atoms with Crippen LogP contribution in [0.5, 0.6) is 17.2 Å². The van der Waals surface area contributed by atoms with Crippen LogP contribution >= 0.6 is 0 Å². The summed E-state index contributed by atoms with van der Waals surface area (Å²) >= 11 is 0. The third-order valence-corrected chi connectivity index (χ3v) is 2.83. The monoisotopic (exact) mass is 287 g/mol. The maximum atomic E-state index is 10.2. The van der Waals surface area contributed by atoms with Crippen molar-refractivity contribution in [2.75, 3.05) is 25.7 Å². The van der Waals surface area contributed by atoms with Gasteiger partial charge < -0.3 is 26.0 Å². The molecule has 1 heterocycles. The Balaban J connectivity index is 2.81. The summed E-state index contributed by atoms with van der Waals surface area (Å²) in [5.74, 6) is 0.208. The molecule has 0 saturated carbocycles. The lowest BCUT2D eigenvalue weighted by Gasteiger charge is -2.13. The number of nitrogens with zero attached hydrogens (tertiary/aromatic N) is 3. The Kier molecular flexibility index (Phi) is 3.67. The van der Waals surface area contributed by atoms with Crippen molar-refractivity contribution in [3.8, 4) is 34.6 Å². The summed E-state index contributed by atoms with van der Waals surface area (Å²) < 4.78 is 10.2. The maximum Gasteiger partial charge on any atom is 0.222 e. The summed E-state index contributed by atoms with van der Waals surface area (Å²) in [6, 6.07) is 4.89. The largest absolute Gasteiger partial charge is 0.504 e. The number of aromatic nitrogens is 2. The van der Waals surface area contributed by atoms with Gasteiger partial charge in [-0.25, -0.2) is 4.98 Å². The Morgan fingerprint density at radius 1 is 1.19 bits per heavy atom. The van der Waals surface area contributed by atoms with Gasteiger partial charge in [0.05, 0.1) is 25.5 Å². The van der Waals surface area contributed by atoms with Crippen molar-refractivity contribution >= 4 is 11.8 Å². The number of nitrogens with two attached hydrogens (primary N) is 2. The highest BCUT2D eigenvalue weighted by Gasteiger charge is 2.20. The van der Waals surface area contributed by atoms with Crippen LogP contribution in [-0.4, -0.2) is 29.3 Å². The number of phenolic OH excluding ortho intramolecular Hbond substituents is 1. The highest BCUT2D eigenvalue weighted by Crippen LogP contribution is 2.41. The van der Waals surface area contributed by atoms with E-state index >= 15 is 0 Å². The van der Waals surface area contributed by atoms with Gasteiger partial charge >= 0.3 is 0 Å². The van der Waals surface area contributed by atoms with Crippen LogP contribution in [0.1, 0.15) is 5.56 Å². The van der Waals surface area contributed by atoms with Crippen molar-refractivity contribution in [3.05, 3.63) is 17.7 Å². The van der Waals surface area contributed by atoms with Crippen molar-refractivity contribution in [1.29, 1.82) is 5.26 Å². The van der Waals surface area contributed by atoms with E-state index in [9.17, 15) is 10.4 Å². The minimum Gasteiger partial charge on any atom is -0.504 e. The zero-order chi connectivity index (χ0) is 15.6. The normalized spacial score (nSPS) is 9.95. The summed E-state index contributed by atoms with van der Waals surface area (Å²) in [5, 5.41) is 19.4. The standard InChI is InChI=1S/C13H13N5O3/c1-20-6-3-7(11(19)9(4-6)21-2)10-8(5-14)12(15)18-13(16)17-10/h3-4,19H,1-2H3,(H4,15,16,17,18). The lowest BCUT2D eigenvalue weighted by molar-refractivity contribution is 0.365. The third-order valence-electron chi connectivity index (χ3n) is 2.83. The molecule has 108 valence electrons. The van der Waals surface area contributed by atoms with Crippen molar-refractivity contribution < 1.29 is 14.6 Å². The molecule has 1 aromatic carbocycles. The number of nitrogen functional groups attached to an aromatic ring is 2. The molecule has 21 heavy (non-hydrogen) atoms. The average Bonchev–Trinajstić information content (AvgIpc) is 2.46. The van der Waals surface area contributed by atoms with E-state index in [-0.39, 0.29) is 40.1 Å². The summed E-state index contributed by atoms with van der Waals surface area (Å²) in [5.41, 5.74) is 11.5. The number of ether oxygens (including phenoxy) is 2. The minimum absolute atomic E-state index is 0.00908. The van der Waals surface area contributed by atoms with Gasteiger partial charge in [0.25, 0.3) is 0 Å². The minimum atomic E-state index is -0.202. The molecule has 0 amide bonds. The smallest absolute Gasteiger partial charge is 0.222 e. The fourth-order valence-electron chi connectivity index (χ4n) is 1.84. The van der Waals surface area contributed by atoms with Crippen LogP contribution < -0.4 is 20.9 Å². The molecule has 0 aliphatic rings. The SMILES string of the molecule is COc1cc(OC)c(O)c(-c2nc(N)nc(N)c2C#N)c1. The second-order valence-electron chi connectivity index (χ2n) is 4.03. The number of methoxy groups -OCH3 is 2. The quantitative estimate of drug-likeness (QED) is 0.756. The highest BCUT2D eigenvalue weighted by atomic mass is 16.5. The van der Waals surface area contributed by atoms with E-state index in [1.54, 1.807) is 0 Å². The maximum absolute atomic E-state index is 10.2. The molecular weight excluding hydrogens is 274 g/mol. The molecule has 8 heteroatoms. The van der Waals surface area contributed by atoms with E-state index in [4.69, 9.17) is 20.9 Å². The summed E-state index contributed by atoms with van der Waals surface area (Å²) in [4.78, 5) is 7.70. The fraction of sp³-hybridized carbons (Fsp3) is 0.154. The predicted molar refractivity (Wildman–Crippen MR) is 75.8 cm³/mol. The number of hydrogen-bond donors (Lipinski definition) is 3. The Hall–Kier alpha value is -3.21. The molecule has 0 aliphatic heterocycles. The number of aromatic hydroxyl groups is 1. The van der Waals surface area contributed by atoms with Crippen molar-refractivity contribution in [1.82, 2.24) is 9.97 Å². The first-order valence-corrected chi connectivity index (χ1v) is 5.80. The molecule has 0 spiro atoms. The fourth-order valence-corrected chi connectivity index (χ4v) is 1.84. The van der Waals surface area contributed by atoms with Gasteiger partial charge in [0.15, 0.2) is 11.5 Å². The second kappa shape index (κ2) is 5.42. The van der Waals surface area contributed by atoms with E-state index in [1.807, 2.05) is 6.07 Å². The first-order chi connectivity index (χ1) is 10.0. The molecule has 0 saturated heterocycles. The molecule has 0 bridgehead atoms. The number of hydrogen-bond acceptors (Lipinski definition) is 8. The van der Waals surface area contributed by atoms with E-state index in [0.717, 1.165) is 0 Å². The molecule has 0 atom stereocenters. The number of anilines is 2. The van der Waals surface area contributed by atoms with Gasteiger partial charge in [-0.05, 0) is 6.07 Å². The first kappa shape index (κ1) is 14.2. The van der Waals surface area contributed by atoms with Gasteiger partial charge in [-0.1, -0.05) is 0 Å². The van der Waals surface area contributed by atoms with Gasteiger partial charge in [0.2, 0.25) is 5.95 Å². The van der Waals surface area contributed by atoms with E-state index in [0.29, 0.717) is 5.75 Å². The number of phenols is 1. The van der Waals surface area contributed by atoms with E-state index in [2.05, 4.69) is 9.97 Å². The molecule has 0 aliphatic carbocycles. The molecule has 2 aromatic rings. The van der Waals surface area contributed by atoms with Crippen LogP contribution in [0.15, 0.2) is 12.1 Å². The first-order valence-electron chi connectivity index (χ1n) is 5.80. The highest BCUT2D eigenvalue weighted by molar-refractivity contribution is 5.80. The third kappa shape index (κ3) is 2.44. The Bertz CT molecular complexity index is 740. The van der Waals surface area contributed by atoms with Crippen molar-refractivity contribution in [2.45, 2.75) is 0 Å². The molecule has 0 fully saturated rings. The summed E-state index contributed by atoms with van der Waals surface area (Å²) in [6.07, 6.45) is 0. The molecule has 0 radical (unpaired) electrons. The molecule has 5 N–H and O–H groups in total. The predicted octanol–water partition coefficient (Wildman–Crippen LogP) is 0.902. The van der Waals surface area contributed by atoms with Crippen molar-refractivity contribution in [3.63, 3.8) is 0 Å². The van der Waals surface area contributed by atoms with E-state index in [1.165, 1.54) is 26.4 Å². The van der Waals surface area contributed by atoms with Crippen LogP contribution in [0, 0.1) is 11.3 Å². The lowest BCUT2D eigenvalue weighted by atomic mass is 10.0. The van der Waals surface area contributed by atoms with E-state index < -0.39 is 0 Å². The van der Waals surface area contributed by atoms with Gasteiger partial charge in [0, 0.05) is 6.07 Å². The molecule has 0 unspecified atom stereocenters. The summed E-state index contributed by atoms with van der Waals surface area (Å²) in [6.45, 7) is 0. The number of rotatable bonds is 3. The average molecular weight is 287 g/mol. The summed E-state index contributed by atoms with van der Waals surface area (Å²) in [7, 11) is 2.86. The number of benzene rings is 1. The number of nitriles is 1. The van der Waals surface area contributed by atoms with Gasteiger partial charge in [0.1, 0.15) is 23.2 Å². The van der Waals surface area contributed by atoms with Gasteiger partial charge in [-0.3, -0.25) is 0 Å². The lowest BCUT2D eigenvalue weighted by Crippen LogP contribution is -2.05. The Morgan fingerprint density at radius 2 is 1.90 bits per heavy atom. The Labute approximate surface area is 120 Å². The van der Waals surface area contributed by atoms with Crippen LogP contribution in [0.3, 0.4) is 0 Å².